The Labute approximate surface area is 101 Å². The predicted octanol–water partition coefficient (Wildman–Crippen LogP) is 2.42. The highest BCUT2D eigenvalue weighted by Gasteiger charge is 2.38. The zero-order valence-corrected chi connectivity index (χ0v) is 10.5. The van der Waals surface area contributed by atoms with Gasteiger partial charge in [-0.1, -0.05) is 13.8 Å². The molecule has 0 fully saturated rings. The Balaban J connectivity index is 3.41. The molecule has 1 aromatic rings. The van der Waals surface area contributed by atoms with E-state index in [9.17, 15) is 9.90 Å². The van der Waals surface area contributed by atoms with Crippen molar-refractivity contribution in [3.63, 3.8) is 0 Å². The van der Waals surface area contributed by atoms with Gasteiger partial charge in [-0.15, -0.1) is 0 Å². The molecule has 0 aromatic heterocycles. The van der Waals surface area contributed by atoms with Gasteiger partial charge in [-0.05, 0) is 36.6 Å². The number of carboxylic acids is 1. The lowest BCUT2D eigenvalue weighted by molar-refractivity contribution is -0.144. The number of carboxylic acid groups (broad SMARTS) is 1. The Kier molecular flexibility index (Phi) is 3.99. The summed E-state index contributed by atoms with van der Waals surface area (Å²) >= 11 is 0. The number of benzene rings is 1. The standard InChI is InChI=1S/C13H19NO3/c1-4-13(5-2,12(15)16)10-8-9(17-3)6-7-11(10)14/h6-8H,4-5,14H2,1-3H3,(H,15,16). The Bertz CT molecular complexity index is 411. The number of carbonyl (C=O) groups is 1. The van der Waals surface area contributed by atoms with E-state index in [2.05, 4.69) is 0 Å². The SMILES string of the molecule is CCC(CC)(C(=O)O)c1cc(OC)ccc1N. The first-order valence-corrected chi connectivity index (χ1v) is 5.69. The summed E-state index contributed by atoms with van der Waals surface area (Å²) in [6.07, 6.45) is 0.992. The minimum atomic E-state index is -0.932. The van der Waals surface area contributed by atoms with Gasteiger partial charge in [-0.2, -0.15) is 0 Å². The lowest BCUT2D eigenvalue weighted by atomic mass is 9.75. The largest absolute Gasteiger partial charge is 0.497 e. The van der Waals surface area contributed by atoms with Gasteiger partial charge >= 0.3 is 5.97 Å². The molecule has 0 aliphatic rings. The quantitative estimate of drug-likeness (QED) is 0.771. The molecule has 1 aromatic carbocycles. The molecule has 0 unspecified atom stereocenters. The van der Waals surface area contributed by atoms with E-state index >= 15 is 0 Å². The highest BCUT2D eigenvalue weighted by molar-refractivity contribution is 5.84. The van der Waals surface area contributed by atoms with Crippen molar-refractivity contribution < 1.29 is 14.6 Å². The van der Waals surface area contributed by atoms with Gasteiger partial charge in [0.25, 0.3) is 0 Å². The van der Waals surface area contributed by atoms with Crippen LogP contribution in [0.2, 0.25) is 0 Å². The van der Waals surface area contributed by atoms with Crippen molar-refractivity contribution in [2.45, 2.75) is 32.1 Å². The summed E-state index contributed by atoms with van der Waals surface area (Å²) in [5, 5.41) is 9.47. The van der Waals surface area contributed by atoms with Gasteiger partial charge in [0.15, 0.2) is 0 Å². The van der Waals surface area contributed by atoms with Crippen molar-refractivity contribution in [1.29, 1.82) is 0 Å². The molecule has 4 nitrogen and oxygen atoms in total. The predicted molar refractivity (Wildman–Crippen MR) is 67.3 cm³/mol. The van der Waals surface area contributed by atoms with Crippen LogP contribution in [0.4, 0.5) is 5.69 Å². The third kappa shape index (κ3) is 2.20. The van der Waals surface area contributed by atoms with Crippen molar-refractivity contribution in [3.8, 4) is 5.75 Å². The van der Waals surface area contributed by atoms with Crippen LogP contribution in [0.5, 0.6) is 5.75 Å². The summed E-state index contributed by atoms with van der Waals surface area (Å²) in [5.74, 6) is -0.218. The molecule has 3 N–H and O–H groups in total. The smallest absolute Gasteiger partial charge is 0.314 e. The number of nitrogens with two attached hydrogens (primary N) is 1. The zero-order valence-electron chi connectivity index (χ0n) is 10.5. The minimum Gasteiger partial charge on any atom is -0.497 e. The molecule has 1 rings (SSSR count). The fourth-order valence-electron chi connectivity index (χ4n) is 2.13. The third-order valence-corrected chi connectivity index (χ3v) is 3.39. The maximum absolute atomic E-state index is 11.5. The molecule has 4 heteroatoms. The van der Waals surface area contributed by atoms with Gasteiger partial charge in [0.2, 0.25) is 0 Å². The van der Waals surface area contributed by atoms with Gasteiger partial charge in [-0.25, -0.2) is 0 Å². The number of nitrogen functional groups attached to an aromatic ring is 1. The van der Waals surface area contributed by atoms with E-state index in [4.69, 9.17) is 10.5 Å². The van der Waals surface area contributed by atoms with E-state index < -0.39 is 11.4 Å². The maximum atomic E-state index is 11.5. The molecule has 0 aliphatic heterocycles. The number of aliphatic carboxylic acids is 1. The summed E-state index contributed by atoms with van der Waals surface area (Å²) in [5.41, 5.74) is 6.10. The first-order valence-electron chi connectivity index (χ1n) is 5.69. The molecule has 0 heterocycles. The lowest BCUT2D eigenvalue weighted by Gasteiger charge is -2.28. The lowest BCUT2D eigenvalue weighted by Crippen LogP contribution is -2.35. The normalized spacial score (nSPS) is 11.2. The monoisotopic (exact) mass is 237 g/mol. The van der Waals surface area contributed by atoms with Crippen LogP contribution in [0.25, 0.3) is 0 Å². The number of rotatable bonds is 5. The van der Waals surface area contributed by atoms with Crippen LogP contribution in [-0.4, -0.2) is 18.2 Å². The highest BCUT2D eigenvalue weighted by atomic mass is 16.5. The number of methoxy groups -OCH3 is 1. The van der Waals surface area contributed by atoms with Crippen LogP contribution in [0, 0.1) is 0 Å². The molecular formula is C13H19NO3. The second-order valence-corrected chi connectivity index (χ2v) is 4.05. The average Bonchev–Trinajstić information content (AvgIpc) is 2.33. The van der Waals surface area contributed by atoms with Crippen molar-refractivity contribution in [2.24, 2.45) is 0 Å². The van der Waals surface area contributed by atoms with Crippen LogP contribution in [-0.2, 0) is 10.2 Å². The van der Waals surface area contributed by atoms with Gasteiger partial charge in [0, 0.05) is 5.69 Å². The third-order valence-electron chi connectivity index (χ3n) is 3.39. The summed E-state index contributed by atoms with van der Waals surface area (Å²) in [7, 11) is 1.55. The topological polar surface area (TPSA) is 72.5 Å². The highest BCUT2D eigenvalue weighted by Crippen LogP contribution is 2.37. The molecule has 0 amide bonds. The summed E-state index contributed by atoms with van der Waals surface area (Å²) in [4.78, 5) is 11.5. The fourth-order valence-corrected chi connectivity index (χ4v) is 2.13. The van der Waals surface area contributed by atoms with Crippen LogP contribution in [0.3, 0.4) is 0 Å². The van der Waals surface area contributed by atoms with Gasteiger partial charge in [0.1, 0.15) is 5.75 Å². The Morgan fingerprint density at radius 1 is 1.41 bits per heavy atom. The Morgan fingerprint density at radius 2 is 2.00 bits per heavy atom. The molecule has 0 radical (unpaired) electrons. The molecular weight excluding hydrogens is 218 g/mol. The number of ether oxygens (including phenoxy) is 1. The summed E-state index contributed by atoms with van der Waals surface area (Å²) < 4.78 is 5.13. The summed E-state index contributed by atoms with van der Waals surface area (Å²) in [6.45, 7) is 3.72. The molecule has 0 atom stereocenters. The van der Waals surface area contributed by atoms with Crippen LogP contribution in [0.15, 0.2) is 18.2 Å². The van der Waals surface area contributed by atoms with Crippen molar-refractivity contribution >= 4 is 11.7 Å². The van der Waals surface area contributed by atoms with E-state index in [1.165, 1.54) is 0 Å². The minimum absolute atomic E-state index is 0.496. The second kappa shape index (κ2) is 5.08. The average molecular weight is 237 g/mol. The molecule has 0 spiro atoms. The maximum Gasteiger partial charge on any atom is 0.314 e. The first-order chi connectivity index (χ1) is 8.01. The molecule has 0 aliphatic carbocycles. The van der Waals surface area contributed by atoms with E-state index in [1.54, 1.807) is 25.3 Å². The van der Waals surface area contributed by atoms with E-state index in [-0.39, 0.29) is 0 Å². The number of anilines is 1. The fraction of sp³-hybridized carbons (Fsp3) is 0.462. The van der Waals surface area contributed by atoms with E-state index in [0.29, 0.717) is 29.8 Å². The van der Waals surface area contributed by atoms with Crippen molar-refractivity contribution in [3.05, 3.63) is 23.8 Å². The van der Waals surface area contributed by atoms with Gasteiger partial charge in [0.05, 0.1) is 12.5 Å². The molecule has 17 heavy (non-hydrogen) atoms. The molecule has 0 saturated heterocycles. The molecule has 0 saturated carbocycles. The second-order valence-electron chi connectivity index (χ2n) is 4.05. The van der Waals surface area contributed by atoms with E-state index in [0.717, 1.165) is 0 Å². The van der Waals surface area contributed by atoms with E-state index in [1.807, 2.05) is 13.8 Å². The zero-order chi connectivity index (χ0) is 13.1. The van der Waals surface area contributed by atoms with Crippen LogP contribution < -0.4 is 10.5 Å². The van der Waals surface area contributed by atoms with Crippen LogP contribution in [0.1, 0.15) is 32.3 Å². The number of hydrogen-bond acceptors (Lipinski definition) is 3. The van der Waals surface area contributed by atoms with Gasteiger partial charge in [-0.3, -0.25) is 4.79 Å². The number of hydrogen-bond donors (Lipinski definition) is 2. The van der Waals surface area contributed by atoms with Gasteiger partial charge < -0.3 is 15.6 Å². The van der Waals surface area contributed by atoms with Crippen molar-refractivity contribution in [1.82, 2.24) is 0 Å². The molecule has 0 bridgehead atoms. The molecule has 94 valence electrons. The van der Waals surface area contributed by atoms with Crippen LogP contribution >= 0.6 is 0 Å². The van der Waals surface area contributed by atoms with Crippen molar-refractivity contribution in [2.75, 3.05) is 12.8 Å². The Morgan fingerprint density at radius 3 is 2.41 bits per heavy atom. The summed E-state index contributed by atoms with van der Waals surface area (Å²) in [6, 6.07) is 5.14. The Hall–Kier alpha value is -1.71. The first kappa shape index (κ1) is 13.4.